The van der Waals surface area contributed by atoms with E-state index in [1.165, 1.54) is 6.92 Å². The van der Waals surface area contributed by atoms with Crippen LogP contribution < -0.4 is 16.0 Å². The Bertz CT molecular complexity index is 409. The van der Waals surface area contributed by atoms with Crippen molar-refractivity contribution in [1.29, 1.82) is 0 Å². The standard InChI is InChI=1S/C11H15N3O2S/c1-8(15)12-6-7-13-11(16)14-9-4-2-3-5-10(9)17/h2-5,17H,6-7H2,1H3,(H,12,15)(H2,13,14,16). The first-order valence-electron chi connectivity index (χ1n) is 5.17. The van der Waals surface area contributed by atoms with Crippen LogP contribution in [-0.2, 0) is 4.79 Å². The van der Waals surface area contributed by atoms with Gasteiger partial charge in [-0.3, -0.25) is 4.79 Å². The number of para-hydroxylation sites is 1. The predicted molar refractivity (Wildman–Crippen MR) is 69.4 cm³/mol. The number of urea groups is 1. The zero-order chi connectivity index (χ0) is 12.7. The fourth-order valence-corrected chi connectivity index (χ4v) is 1.38. The highest BCUT2D eigenvalue weighted by molar-refractivity contribution is 7.80. The Morgan fingerprint density at radius 1 is 1.18 bits per heavy atom. The van der Waals surface area contributed by atoms with Crippen molar-refractivity contribution in [2.75, 3.05) is 18.4 Å². The summed E-state index contributed by atoms with van der Waals surface area (Å²) in [5, 5.41) is 7.85. The van der Waals surface area contributed by atoms with E-state index < -0.39 is 0 Å². The highest BCUT2D eigenvalue weighted by Crippen LogP contribution is 2.17. The van der Waals surface area contributed by atoms with Gasteiger partial charge in [0.05, 0.1) is 5.69 Å². The van der Waals surface area contributed by atoms with Gasteiger partial charge in [0.15, 0.2) is 0 Å². The van der Waals surface area contributed by atoms with Crippen LogP contribution in [0.1, 0.15) is 6.92 Å². The molecule has 0 radical (unpaired) electrons. The summed E-state index contributed by atoms with van der Waals surface area (Å²) in [7, 11) is 0. The Morgan fingerprint density at radius 2 is 1.82 bits per heavy atom. The van der Waals surface area contributed by atoms with Gasteiger partial charge in [0.2, 0.25) is 5.91 Å². The topological polar surface area (TPSA) is 70.2 Å². The van der Waals surface area contributed by atoms with Gasteiger partial charge in [0, 0.05) is 24.9 Å². The van der Waals surface area contributed by atoms with Crippen LogP contribution in [0.4, 0.5) is 10.5 Å². The first kappa shape index (κ1) is 13.4. The summed E-state index contributed by atoms with van der Waals surface area (Å²) in [6.45, 7) is 2.21. The molecule has 0 aromatic heterocycles. The molecule has 0 unspecified atom stereocenters. The number of rotatable bonds is 4. The van der Waals surface area contributed by atoms with E-state index in [4.69, 9.17) is 0 Å². The van der Waals surface area contributed by atoms with Gasteiger partial charge in [-0.2, -0.15) is 0 Å². The number of anilines is 1. The maximum atomic E-state index is 11.4. The Kier molecular flexibility index (Phi) is 5.35. The number of benzene rings is 1. The monoisotopic (exact) mass is 253 g/mol. The van der Waals surface area contributed by atoms with Crippen molar-refractivity contribution in [3.8, 4) is 0 Å². The molecular weight excluding hydrogens is 238 g/mol. The van der Waals surface area contributed by atoms with Gasteiger partial charge in [-0.25, -0.2) is 4.79 Å². The second-order valence-electron chi connectivity index (χ2n) is 3.38. The highest BCUT2D eigenvalue weighted by Gasteiger charge is 2.02. The van der Waals surface area contributed by atoms with Crippen LogP contribution in [0, 0.1) is 0 Å². The second kappa shape index (κ2) is 6.80. The highest BCUT2D eigenvalue weighted by atomic mass is 32.1. The minimum absolute atomic E-state index is 0.118. The first-order chi connectivity index (χ1) is 8.09. The van der Waals surface area contributed by atoms with Gasteiger partial charge in [-0.1, -0.05) is 12.1 Å². The number of carbonyl (C=O) groups is 2. The van der Waals surface area contributed by atoms with E-state index in [-0.39, 0.29) is 11.9 Å². The molecule has 17 heavy (non-hydrogen) atoms. The molecule has 3 amide bonds. The largest absolute Gasteiger partial charge is 0.355 e. The van der Waals surface area contributed by atoms with E-state index in [1.54, 1.807) is 12.1 Å². The minimum atomic E-state index is -0.322. The third-order valence-electron chi connectivity index (χ3n) is 1.94. The molecule has 0 saturated carbocycles. The molecule has 1 aromatic carbocycles. The maximum Gasteiger partial charge on any atom is 0.319 e. The molecule has 0 aliphatic heterocycles. The number of nitrogens with one attached hydrogen (secondary N) is 3. The number of carbonyl (C=O) groups excluding carboxylic acids is 2. The second-order valence-corrected chi connectivity index (χ2v) is 3.86. The normalized spacial score (nSPS) is 9.53. The van der Waals surface area contributed by atoms with Gasteiger partial charge in [0.1, 0.15) is 0 Å². The lowest BCUT2D eigenvalue weighted by molar-refractivity contribution is -0.118. The van der Waals surface area contributed by atoms with E-state index in [0.717, 1.165) is 0 Å². The summed E-state index contributed by atoms with van der Waals surface area (Å²) in [6.07, 6.45) is 0. The summed E-state index contributed by atoms with van der Waals surface area (Å²) in [5.74, 6) is -0.118. The molecule has 6 heteroatoms. The zero-order valence-electron chi connectivity index (χ0n) is 9.49. The molecule has 0 aliphatic carbocycles. The molecule has 5 nitrogen and oxygen atoms in total. The van der Waals surface area contributed by atoms with Crippen molar-refractivity contribution in [1.82, 2.24) is 10.6 Å². The lowest BCUT2D eigenvalue weighted by Crippen LogP contribution is -2.36. The summed E-state index contributed by atoms with van der Waals surface area (Å²) in [5.41, 5.74) is 0.646. The number of hydrogen-bond donors (Lipinski definition) is 4. The summed E-state index contributed by atoms with van der Waals surface area (Å²) in [4.78, 5) is 22.7. The molecule has 1 aromatic rings. The average Bonchev–Trinajstić information content (AvgIpc) is 2.27. The lowest BCUT2D eigenvalue weighted by atomic mass is 10.3. The van der Waals surface area contributed by atoms with Crippen molar-refractivity contribution in [3.05, 3.63) is 24.3 Å². The molecule has 0 saturated heterocycles. The van der Waals surface area contributed by atoms with E-state index in [0.29, 0.717) is 23.7 Å². The molecule has 3 N–H and O–H groups in total. The van der Waals surface area contributed by atoms with Crippen LogP contribution in [0.2, 0.25) is 0 Å². The average molecular weight is 253 g/mol. The van der Waals surface area contributed by atoms with E-state index in [9.17, 15) is 9.59 Å². The quantitative estimate of drug-likeness (QED) is 0.481. The first-order valence-corrected chi connectivity index (χ1v) is 5.61. The van der Waals surface area contributed by atoms with Crippen LogP contribution in [0.3, 0.4) is 0 Å². The smallest absolute Gasteiger partial charge is 0.319 e. The molecule has 0 aliphatic rings. The molecule has 0 heterocycles. The van der Waals surface area contributed by atoms with Crippen molar-refractivity contribution >= 4 is 30.3 Å². The number of thiol groups is 1. The van der Waals surface area contributed by atoms with Gasteiger partial charge >= 0.3 is 6.03 Å². The van der Waals surface area contributed by atoms with E-state index in [2.05, 4.69) is 28.6 Å². The van der Waals surface area contributed by atoms with Crippen molar-refractivity contribution in [2.24, 2.45) is 0 Å². The van der Waals surface area contributed by atoms with Crippen LogP contribution in [0.5, 0.6) is 0 Å². The van der Waals surface area contributed by atoms with Gasteiger partial charge in [-0.15, -0.1) is 12.6 Å². The fourth-order valence-electron chi connectivity index (χ4n) is 1.16. The Hall–Kier alpha value is -1.69. The molecule has 0 atom stereocenters. The van der Waals surface area contributed by atoms with Crippen LogP contribution in [0.25, 0.3) is 0 Å². The zero-order valence-corrected chi connectivity index (χ0v) is 10.4. The van der Waals surface area contributed by atoms with Crippen molar-refractivity contribution < 1.29 is 9.59 Å². The van der Waals surface area contributed by atoms with Crippen molar-refractivity contribution in [2.45, 2.75) is 11.8 Å². The molecular formula is C11H15N3O2S. The fraction of sp³-hybridized carbons (Fsp3) is 0.273. The van der Waals surface area contributed by atoms with Gasteiger partial charge in [0.25, 0.3) is 0 Å². The third kappa shape index (κ3) is 5.26. The summed E-state index contributed by atoms with van der Waals surface area (Å²) < 4.78 is 0. The minimum Gasteiger partial charge on any atom is -0.355 e. The van der Waals surface area contributed by atoms with Crippen LogP contribution in [0.15, 0.2) is 29.2 Å². The molecule has 92 valence electrons. The maximum absolute atomic E-state index is 11.4. The summed E-state index contributed by atoms with van der Waals surface area (Å²) in [6, 6.07) is 6.87. The number of hydrogen-bond acceptors (Lipinski definition) is 3. The van der Waals surface area contributed by atoms with Crippen LogP contribution >= 0.6 is 12.6 Å². The Morgan fingerprint density at radius 3 is 2.47 bits per heavy atom. The van der Waals surface area contributed by atoms with Crippen LogP contribution in [-0.4, -0.2) is 25.0 Å². The SMILES string of the molecule is CC(=O)NCCNC(=O)Nc1ccccc1S. The lowest BCUT2D eigenvalue weighted by Gasteiger charge is -2.09. The molecule has 0 bridgehead atoms. The van der Waals surface area contributed by atoms with E-state index >= 15 is 0 Å². The molecule has 1 rings (SSSR count). The Labute approximate surface area is 105 Å². The van der Waals surface area contributed by atoms with Crippen molar-refractivity contribution in [3.63, 3.8) is 0 Å². The predicted octanol–water partition coefficient (Wildman–Crippen LogP) is 1.23. The summed E-state index contributed by atoms with van der Waals surface area (Å²) >= 11 is 4.21. The Balaban J connectivity index is 2.30. The van der Waals surface area contributed by atoms with Gasteiger partial charge < -0.3 is 16.0 Å². The molecule has 0 fully saturated rings. The van der Waals surface area contributed by atoms with E-state index in [1.807, 2.05) is 12.1 Å². The van der Waals surface area contributed by atoms with Gasteiger partial charge in [-0.05, 0) is 12.1 Å². The number of amides is 3. The third-order valence-corrected chi connectivity index (χ3v) is 2.33. The molecule has 0 spiro atoms.